The molecule has 1 aromatic rings. The van der Waals surface area contributed by atoms with Crippen molar-refractivity contribution in [1.82, 2.24) is 5.32 Å². The third kappa shape index (κ3) is 4.03. The summed E-state index contributed by atoms with van der Waals surface area (Å²) in [5, 5.41) is 3.65. The fraction of sp³-hybridized carbons (Fsp3) is 0.625. The van der Waals surface area contributed by atoms with Crippen LogP contribution < -0.4 is 5.32 Å². The van der Waals surface area contributed by atoms with Crippen molar-refractivity contribution >= 4 is 0 Å². The van der Waals surface area contributed by atoms with E-state index < -0.39 is 0 Å². The first-order valence-electron chi connectivity index (χ1n) is 7.18. The van der Waals surface area contributed by atoms with E-state index in [1.54, 1.807) is 14.2 Å². The minimum absolute atomic E-state index is 0.125. The Morgan fingerprint density at radius 2 is 2.11 bits per heavy atom. The van der Waals surface area contributed by atoms with Crippen LogP contribution in [0.2, 0.25) is 0 Å². The number of fused-ring (bicyclic) bond motifs is 1. The summed E-state index contributed by atoms with van der Waals surface area (Å²) in [6.07, 6.45) is 5.12. The predicted molar refractivity (Wildman–Crippen MR) is 77.4 cm³/mol. The van der Waals surface area contributed by atoms with E-state index in [0.717, 1.165) is 6.54 Å². The molecule has 2 rings (SSSR count). The first-order valence-corrected chi connectivity index (χ1v) is 7.18. The smallest absolute Gasteiger partial charge is 0.0928 e. The second kappa shape index (κ2) is 7.63. The molecule has 3 heteroatoms. The lowest BCUT2D eigenvalue weighted by atomic mass is 9.99. The number of nitrogens with one attached hydrogen (secondary N) is 1. The first kappa shape index (κ1) is 14.5. The largest absolute Gasteiger partial charge is 0.382 e. The van der Waals surface area contributed by atoms with Crippen molar-refractivity contribution < 1.29 is 9.47 Å². The van der Waals surface area contributed by atoms with Gasteiger partial charge in [-0.1, -0.05) is 30.7 Å². The van der Waals surface area contributed by atoms with Gasteiger partial charge in [0.1, 0.15) is 0 Å². The van der Waals surface area contributed by atoms with Crippen molar-refractivity contribution in [3.05, 3.63) is 35.4 Å². The average molecular weight is 263 g/mol. The molecule has 0 spiro atoms. The van der Waals surface area contributed by atoms with E-state index in [4.69, 9.17) is 9.47 Å². The summed E-state index contributed by atoms with van der Waals surface area (Å²) in [5.74, 6) is 0. The molecule has 3 nitrogen and oxygen atoms in total. The average Bonchev–Trinajstić information content (AvgIpc) is 2.66. The number of hydrogen-bond donors (Lipinski definition) is 1. The Morgan fingerprint density at radius 1 is 1.26 bits per heavy atom. The minimum Gasteiger partial charge on any atom is -0.382 e. The van der Waals surface area contributed by atoms with E-state index in [0.29, 0.717) is 12.6 Å². The number of rotatable bonds is 6. The standard InChI is InChI=1S/C16H25NO2/c1-18-12-14(19-2)11-17-16-10-6-4-8-13-7-3-5-9-15(13)16/h3,5,7,9,14,16-17H,4,6,8,10-12H2,1-2H3. The van der Waals surface area contributed by atoms with Gasteiger partial charge in [-0.3, -0.25) is 0 Å². The van der Waals surface area contributed by atoms with E-state index in [9.17, 15) is 0 Å². The fourth-order valence-electron chi connectivity index (χ4n) is 2.80. The highest BCUT2D eigenvalue weighted by molar-refractivity contribution is 5.31. The number of benzene rings is 1. The van der Waals surface area contributed by atoms with Crippen molar-refractivity contribution in [2.45, 2.75) is 37.8 Å². The highest BCUT2D eigenvalue weighted by atomic mass is 16.5. The zero-order chi connectivity index (χ0) is 13.5. The van der Waals surface area contributed by atoms with Gasteiger partial charge in [-0.15, -0.1) is 0 Å². The molecule has 19 heavy (non-hydrogen) atoms. The van der Waals surface area contributed by atoms with Crippen molar-refractivity contribution in [1.29, 1.82) is 0 Å². The Kier molecular flexibility index (Phi) is 5.83. The van der Waals surface area contributed by atoms with Gasteiger partial charge in [0.2, 0.25) is 0 Å². The lowest BCUT2D eigenvalue weighted by molar-refractivity contribution is 0.0271. The Balaban J connectivity index is 1.99. The zero-order valence-corrected chi connectivity index (χ0v) is 12.0. The van der Waals surface area contributed by atoms with E-state index in [2.05, 4.69) is 29.6 Å². The molecule has 1 aromatic carbocycles. The summed E-state index contributed by atoms with van der Waals surface area (Å²) in [4.78, 5) is 0. The summed E-state index contributed by atoms with van der Waals surface area (Å²) in [7, 11) is 3.46. The molecule has 106 valence electrons. The molecule has 2 atom stereocenters. The van der Waals surface area contributed by atoms with Crippen LogP contribution in [-0.2, 0) is 15.9 Å². The SMILES string of the molecule is COCC(CNC1CCCCc2ccccc21)OC. The second-order valence-electron chi connectivity index (χ2n) is 5.22. The van der Waals surface area contributed by atoms with Crippen molar-refractivity contribution in [3.8, 4) is 0 Å². The highest BCUT2D eigenvalue weighted by Gasteiger charge is 2.19. The van der Waals surface area contributed by atoms with E-state index in [-0.39, 0.29) is 6.10 Å². The van der Waals surface area contributed by atoms with Crippen molar-refractivity contribution in [2.75, 3.05) is 27.4 Å². The van der Waals surface area contributed by atoms with Crippen LogP contribution in [0.15, 0.2) is 24.3 Å². The quantitative estimate of drug-likeness (QED) is 0.801. The lowest BCUT2D eigenvalue weighted by Crippen LogP contribution is -2.34. The monoisotopic (exact) mass is 263 g/mol. The zero-order valence-electron chi connectivity index (χ0n) is 12.0. The molecule has 1 aliphatic rings. The molecule has 0 fully saturated rings. The van der Waals surface area contributed by atoms with Crippen LogP contribution in [0.3, 0.4) is 0 Å². The Morgan fingerprint density at radius 3 is 2.89 bits per heavy atom. The summed E-state index contributed by atoms with van der Waals surface area (Å²) in [6.45, 7) is 1.47. The third-order valence-electron chi connectivity index (χ3n) is 3.90. The van der Waals surface area contributed by atoms with Gasteiger partial charge in [0.05, 0.1) is 12.7 Å². The number of ether oxygens (including phenoxy) is 2. The summed E-state index contributed by atoms with van der Waals surface area (Å²) in [6, 6.07) is 9.26. The Bertz CT molecular complexity index is 381. The molecule has 0 aliphatic heterocycles. The van der Waals surface area contributed by atoms with Gasteiger partial charge in [-0.25, -0.2) is 0 Å². The highest BCUT2D eigenvalue weighted by Crippen LogP contribution is 2.28. The van der Waals surface area contributed by atoms with Gasteiger partial charge < -0.3 is 14.8 Å². The van der Waals surface area contributed by atoms with Crippen LogP contribution >= 0.6 is 0 Å². The lowest BCUT2D eigenvalue weighted by Gasteiger charge is -2.22. The number of hydrogen-bond acceptors (Lipinski definition) is 3. The van der Waals surface area contributed by atoms with Crippen LogP contribution in [0.1, 0.15) is 36.4 Å². The number of methoxy groups -OCH3 is 2. The van der Waals surface area contributed by atoms with Crippen molar-refractivity contribution in [2.24, 2.45) is 0 Å². The number of aryl methyl sites for hydroxylation is 1. The first-order chi connectivity index (χ1) is 9.35. The maximum Gasteiger partial charge on any atom is 0.0928 e. The molecule has 1 N–H and O–H groups in total. The molecule has 0 saturated carbocycles. The maximum absolute atomic E-state index is 5.41. The van der Waals surface area contributed by atoms with Gasteiger partial charge in [0.25, 0.3) is 0 Å². The molecule has 0 radical (unpaired) electrons. The molecule has 0 amide bonds. The second-order valence-corrected chi connectivity index (χ2v) is 5.22. The Hall–Kier alpha value is -0.900. The van der Waals surface area contributed by atoms with Crippen LogP contribution in [0.5, 0.6) is 0 Å². The molecular weight excluding hydrogens is 238 g/mol. The summed E-state index contributed by atoms with van der Waals surface area (Å²) >= 11 is 0. The van der Waals surface area contributed by atoms with Crippen LogP contribution in [-0.4, -0.2) is 33.5 Å². The molecule has 0 saturated heterocycles. The molecule has 0 aromatic heterocycles. The van der Waals surface area contributed by atoms with E-state index >= 15 is 0 Å². The molecular formula is C16H25NO2. The van der Waals surface area contributed by atoms with E-state index in [1.165, 1.54) is 36.8 Å². The maximum atomic E-state index is 5.41. The van der Waals surface area contributed by atoms with Gasteiger partial charge in [0, 0.05) is 26.8 Å². The normalized spacial score (nSPS) is 20.6. The molecule has 1 aliphatic carbocycles. The molecule has 0 bridgehead atoms. The van der Waals surface area contributed by atoms with E-state index in [1.807, 2.05) is 0 Å². The van der Waals surface area contributed by atoms with Crippen LogP contribution in [0, 0.1) is 0 Å². The summed E-state index contributed by atoms with van der Waals surface area (Å²) in [5.41, 5.74) is 2.96. The van der Waals surface area contributed by atoms with Gasteiger partial charge in [0.15, 0.2) is 0 Å². The van der Waals surface area contributed by atoms with Gasteiger partial charge >= 0.3 is 0 Å². The fourth-order valence-corrected chi connectivity index (χ4v) is 2.80. The molecule has 2 unspecified atom stereocenters. The third-order valence-corrected chi connectivity index (χ3v) is 3.90. The summed E-state index contributed by atoms with van der Waals surface area (Å²) < 4.78 is 10.6. The van der Waals surface area contributed by atoms with Gasteiger partial charge in [-0.2, -0.15) is 0 Å². The van der Waals surface area contributed by atoms with Crippen molar-refractivity contribution in [3.63, 3.8) is 0 Å². The van der Waals surface area contributed by atoms with Crippen LogP contribution in [0.25, 0.3) is 0 Å². The van der Waals surface area contributed by atoms with Crippen LogP contribution in [0.4, 0.5) is 0 Å². The Labute approximate surface area is 116 Å². The molecule has 0 heterocycles. The minimum atomic E-state index is 0.125. The van der Waals surface area contributed by atoms with Gasteiger partial charge in [-0.05, 0) is 30.4 Å². The topological polar surface area (TPSA) is 30.5 Å². The predicted octanol–water partition coefficient (Wildman–Crippen LogP) is 2.71.